The number of benzene rings is 1. The number of aromatic nitrogens is 2. The Balaban J connectivity index is 1.49. The third-order valence-corrected chi connectivity index (χ3v) is 5.92. The van der Waals surface area contributed by atoms with Crippen molar-refractivity contribution in [3.8, 4) is 5.69 Å². The maximum atomic E-state index is 12.0. The summed E-state index contributed by atoms with van der Waals surface area (Å²) in [6, 6.07) is 11.5. The molecule has 2 fully saturated rings. The zero-order valence-corrected chi connectivity index (χ0v) is 15.6. The second-order valence-corrected chi connectivity index (χ2v) is 7.57. The fourth-order valence-electron chi connectivity index (χ4n) is 4.62. The Morgan fingerprint density at radius 3 is 2.65 bits per heavy atom. The van der Waals surface area contributed by atoms with Gasteiger partial charge in [-0.1, -0.05) is 25.0 Å². The van der Waals surface area contributed by atoms with E-state index in [1.807, 2.05) is 16.9 Å². The van der Waals surface area contributed by atoms with Gasteiger partial charge in [0, 0.05) is 44.5 Å². The van der Waals surface area contributed by atoms with E-state index in [0.29, 0.717) is 12.1 Å². The molecule has 1 amide bonds. The van der Waals surface area contributed by atoms with E-state index in [2.05, 4.69) is 39.2 Å². The number of rotatable bonds is 3. The van der Waals surface area contributed by atoms with Crippen molar-refractivity contribution in [2.75, 3.05) is 13.1 Å². The SMILES string of the molecule is CC(=O)N1CC[C@H]2[C@H]1CCCCCN2Cc1ccc(-n2cccn2)cc1. The molecule has 0 bridgehead atoms. The van der Waals surface area contributed by atoms with Crippen LogP contribution in [-0.4, -0.2) is 50.7 Å². The number of hydrogen-bond acceptors (Lipinski definition) is 3. The van der Waals surface area contributed by atoms with E-state index in [-0.39, 0.29) is 5.91 Å². The predicted octanol–water partition coefficient (Wildman–Crippen LogP) is 3.24. The largest absolute Gasteiger partial charge is 0.338 e. The maximum absolute atomic E-state index is 12.0. The molecule has 3 heterocycles. The average molecular weight is 352 g/mol. The number of likely N-dealkylation sites (tertiary alicyclic amines) is 2. The van der Waals surface area contributed by atoms with E-state index in [1.165, 1.54) is 24.8 Å². The molecule has 2 aliphatic heterocycles. The van der Waals surface area contributed by atoms with E-state index in [1.54, 1.807) is 13.1 Å². The number of carbonyl (C=O) groups is 1. The summed E-state index contributed by atoms with van der Waals surface area (Å²) >= 11 is 0. The fraction of sp³-hybridized carbons (Fsp3) is 0.524. The zero-order chi connectivity index (χ0) is 17.9. The number of amides is 1. The lowest BCUT2D eigenvalue weighted by atomic mass is 9.96. The molecule has 0 unspecified atom stereocenters. The van der Waals surface area contributed by atoms with Crippen LogP contribution in [0.25, 0.3) is 5.69 Å². The van der Waals surface area contributed by atoms with Crippen LogP contribution in [0.3, 0.4) is 0 Å². The van der Waals surface area contributed by atoms with Crippen molar-refractivity contribution in [2.45, 2.75) is 57.7 Å². The van der Waals surface area contributed by atoms with Gasteiger partial charge in [-0.25, -0.2) is 4.68 Å². The van der Waals surface area contributed by atoms with Crippen molar-refractivity contribution in [3.63, 3.8) is 0 Å². The molecule has 4 rings (SSSR count). The quantitative estimate of drug-likeness (QED) is 0.851. The van der Waals surface area contributed by atoms with Gasteiger partial charge in [0.2, 0.25) is 5.91 Å². The molecule has 1 aromatic carbocycles. The number of fused-ring (bicyclic) bond motifs is 1. The molecule has 1 aromatic heterocycles. The van der Waals surface area contributed by atoms with E-state index >= 15 is 0 Å². The third-order valence-electron chi connectivity index (χ3n) is 5.92. The fourth-order valence-corrected chi connectivity index (χ4v) is 4.62. The smallest absolute Gasteiger partial charge is 0.219 e. The minimum absolute atomic E-state index is 0.238. The molecule has 0 saturated carbocycles. The summed E-state index contributed by atoms with van der Waals surface area (Å²) in [5.41, 5.74) is 2.43. The van der Waals surface area contributed by atoms with Gasteiger partial charge in [0.15, 0.2) is 0 Å². The van der Waals surface area contributed by atoms with Crippen molar-refractivity contribution in [1.82, 2.24) is 19.6 Å². The molecular weight excluding hydrogens is 324 g/mol. The van der Waals surface area contributed by atoms with E-state index in [4.69, 9.17) is 0 Å². The van der Waals surface area contributed by atoms with Crippen molar-refractivity contribution >= 4 is 5.91 Å². The Bertz CT molecular complexity index is 725. The van der Waals surface area contributed by atoms with E-state index in [9.17, 15) is 4.79 Å². The summed E-state index contributed by atoms with van der Waals surface area (Å²) in [5.74, 6) is 0.238. The zero-order valence-electron chi connectivity index (χ0n) is 15.6. The van der Waals surface area contributed by atoms with Crippen LogP contribution in [0.1, 0.15) is 44.6 Å². The normalized spacial score (nSPS) is 24.1. The monoisotopic (exact) mass is 352 g/mol. The first-order chi connectivity index (χ1) is 12.7. The summed E-state index contributed by atoms with van der Waals surface area (Å²) in [5, 5.41) is 4.29. The number of hydrogen-bond donors (Lipinski definition) is 0. The van der Waals surface area contributed by atoms with E-state index in [0.717, 1.165) is 38.2 Å². The Kier molecular flexibility index (Phi) is 5.07. The number of carbonyl (C=O) groups excluding carboxylic acids is 1. The van der Waals surface area contributed by atoms with Gasteiger partial charge in [-0.3, -0.25) is 9.69 Å². The Morgan fingerprint density at radius 1 is 1.08 bits per heavy atom. The molecule has 2 saturated heterocycles. The van der Waals surface area contributed by atoms with Crippen LogP contribution in [0, 0.1) is 0 Å². The van der Waals surface area contributed by atoms with Crippen LogP contribution in [0.2, 0.25) is 0 Å². The highest BCUT2D eigenvalue weighted by molar-refractivity contribution is 5.74. The van der Waals surface area contributed by atoms with Gasteiger partial charge in [0.1, 0.15) is 0 Å². The van der Waals surface area contributed by atoms with E-state index < -0.39 is 0 Å². The Morgan fingerprint density at radius 2 is 1.92 bits per heavy atom. The molecule has 0 aliphatic carbocycles. The molecule has 2 atom stereocenters. The summed E-state index contributed by atoms with van der Waals surface area (Å²) in [6.45, 7) is 4.74. The first kappa shape index (κ1) is 17.3. The van der Waals surface area contributed by atoms with Crippen LogP contribution in [0.4, 0.5) is 0 Å². The van der Waals surface area contributed by atoms with Crippen molar-refractivity contribution in [3.05, 3.63) is 48.3 Å². The molecule has 0 radical (unpaired) electrons. The third kappa shape index (κ3) is 3.54. The van der Waals surface area contributed by atoms with Gasteiger partial charge in [0.25, 0.3) is 0 Å². The molecule has 138 valence electrons. The van der Waals surface area contributed by atoms with Gasteiger partial charge < -0.3 is 4.90 Å². The van der Waals surface area contributed by atoms with Gasteiger partial charge in [-0.05, 0) is 49.6 Å². The molecule has 5 nitrogen and oxygen atoms in total. The Hall–Kier alpha value is -2.14. The lowest BCUT2D eigenvalue weighted by molar-refractivity contribution is -0.130. The van der Waals surface area contributed by atoms with Gasteiger partial charge in [-0.2, -0.15) is 5.10 Å². The molecule has 26 heavy (non-hydrogen) atoms. The highest BCUT2D eigenvalue weighted by Crippen LogP contribution is 2.30. The first-order valence-corrected chi connectivity index (χ1v) is 9.82. The van der Waals surface area contributed by atoms with Crippen molar-refractivity contribution < 1.29 is 4.79 Å². The van der Waals surface area contributed by atoms with Gasteiger partial charge in [-0.15, -0.1) is 0 Å². The van der Waals surface area contributed by atoms with Crippen molar-refractivity contribution in [2.24, 2.45) is 0 Å². The summed E-state index contributed by atoms with van der Waals surface area (Å²) < 4.78 is 1.89. The topological polar surface area (TPSA) is 41.4 Å². The van der Waals surface area contributed by atoms with Gasteiger partial charge in [0.05, 0.1) is 5.69 Å². The standard InChI is InChI=1S/C21H28N4O/c1-17(26)24-15-11-20-21(24)6-3-2-4-13-23(20)16-18-7-9-19(10-8-18)25-14-5-12-22-25/h5,7-10,12,14,20-21H,2-4,6,11,13,15-16H2,1H3/t20-,21+/m0/s1. The lowest BCUT2D eigenvalue weighted by Crippen LogP contribution is -2.47. The minimum atomic E-state index is 0.238. The second-order valence-electron chi connectivity index (χ2n) is 7.57. The van der Waals surface area contributed by atoms with Crippen LogP contribution in [0.15, 0.2) is 42.7 Å². The summed E-state index contributed by atoms with van der Waals surface area (Å²) in [7, 11) is 0. The molecule has 5 heteroatoms. The second kappa shape index (κ2) is 7.62. The molecule has 0 spiro atoms. The van der Waals surface area contributed by atoms with Crippen LogP contribution in [0.5, 0.6) is 0 Å². The lowest BCUT2D eigenvalue weighted by Gasteiger charge is -2.37. The highest BCUT2D eigenvalue weighted by Gasteiger charge is 2.39. The molecule has 2 aliphatic rings. The minimum Gasteiger partial charge on any atom is -0.338 e. The van der Waals surface area contributed by atoms with Crippen molar-refractivity contribution in [1.29, 1.82) is 0 Å². The van der Waals surface area contributed by atoms with Crippen LogP contribution < -0.4 is 0 Å². The van der Waals surface area contributed by atoms with Crippen LogP contribution >= 0.6 is 0 Å². The van der Waals surface area contributed by atoms with Gasteiger partial charge >= 0.3 is 0 Å². The Labute approximate surface area is 155 Å². The average Bonchev–Trinajstić information content (AvgIpc) is 3.29. The highest BCUT2D eigenvalue weighted by atomic mass is 16.2. The predicted molar refractivity (Wildman–Crippen MR) is 102 cm³/mol. The maximum Gasteiger partial charge on any atom is 0.219 e. The molecular formula is C21H28N4O. The molecule has 0 N–H and O–H groups in total. The molecule has 2 aromatic rings. The number of nitrogens with zero attached hydrogens (tertiary/aromatic N) is 4. The summed E-state index contributed by atoms with van der Waals surface area (Å²) in [6.07, 6.45) is 9.80. The first-order valence-electron chi connectivity index (χ1n) is 9.82. The summed E-state index contributed by atoms with van der Waals surface area (Å²) in [4.78, 5) is 16.7. The van der Waals surface area contributed by atoms with Crippen LogP contribution in [-0.2, 0) is 11.3 Å².